The highest BCUT2D eigenvalue weighted by Crippen LogP contribution is 1.84. The van der Waals surface area contributed by atoms with E-state index in [1.54, 1.807) is 17.8 Å². The predicted molar refractivity (Wildman–Crippen MR) is 63.2 cm³/mol. The quantitative estimate of drug-likeness (QED) is 0.669. The average Bonchev–Trinajstić information content (AvgIpc) is 2.04. The summed E-state index contributed by atoms with van der Waals surface area (Å²) in [4.78, 5) is 10.9. The van der Waals surface area contributed by atoms with E-state index in [1.807, 2.05) is 32.9 Å². The normalized spacial score (nSPS) is 7.67. The van der Waals surface area contributed by atoms with Crippen molar-refractivity contribution in [2.45, 2.75) is 20.8 Å². The van der Waals surface area contributed by atoms with E-state index in [0.717, 1.165) is 5.56 Å². The summed E-state index contributed by atoms with van der Waals surface area (Å²) in [7, 11) is 1.75. The Labute approximate surface area is 90.6 Å². The number of nitrogens with zero attached hydrogens (tertiary/aromatic N) is 1. The number of hydrogen-bond donors (Lipinski definition) is 0. The van der Waals surface area contributed by atoms with E-state index in [0.29, 0.717) is 0 Å². The van der Waals surface area contributed by atoms with Gasteiger partial charge in [-0.15, -0.1) is 24.0 Å². The Morgan fingerprint density at radius 3 is 2.17 bits per heavy atom. The fourth-order valence-corrected chi connectivity index (χ4v) is 0.734. The van der Waals surface area contributed by atoms with Crippen LogP contribution in [0, 0.1) is 6.92 Å². The number of halogens is 1. The highest BCUT2D eigenvalue weighted by Gasteiger charge is 1.89. The van der Waals surface area contributed by atoms with Crippen molar-refractivity contribution in [3.8, 4) is 0 Å². The maximum absolute atomic E-state index is 10.9. The average molecular weight is 281 g/mol. The first-order valence-electron chi connectivity index (χ1n) is 3.84. The number of aromatic nitrogens is 1. The summed E-state index contributed by atoms with van der Waals surface area (Å²) in [5, 5.41) is 0. The van der Waals surface area contributed by atoms with E-state index in [2.05, 4.69) is 0 Å². The topological polar surface area (TPSA) is 22.0 Å². The summed E-state index contributed by atoms with van der Waals surface area (Å²) in [6.07, 6.45) is 1.75. The van der Waals surface area contributed by atoms with Crippen molar-refractivity contribution in [2.24, 2.45) is 7.05 Å². The van der Waals surface area contributed by atoms with Crippen LogP contribution in [-0.4, -0.2) is 4.57 Å². The van der Waals surface area contributed by atoms with Crippen molar-refractivity contribution in [3.63, 3.8) is 0 Å². The van der Waals surface area contributed by atoms with Crippen LogP contribution in [0.4, 0.5) is 0 Å². The molecule has 3 heteroatoms. The van der Waals surface area contributed by atoms with E-state index >= 15 is 0 Å². The monoisotopic (exact) mass is 281 g/mol. The van der Waals surface area contributed by atoms with Gasteiger partial charge in [0.1, 0.15) is 0 Å². The van der Waals surface area contributed by atoms with Gasteiger partial charge in [0.2, 0.25) is 0 Å². The van der Waals surface area contributed by atoms with Gasteiger partial charge >= 0.3 is 0 Å². The molecule has 0 unspecified atom stereocenters. The Kier molecular flexibility index (Phi) is 8.69. The summed E-state index contributed by atoms with van der Waals surface area (Å²) in [5.41, 5.74) is 0.873. The first-order valence-corrected chi connectivity index (χ1v) is 3.84. The first-order chi connectivity index (χ1) is 5.22. The van der Waals surface area contributed by atoms with E-state index < -0.39 is 0 Å². The third kappa shape index (κ3) is 3.90. The van der Waals surface area contributed by atoms with Crippen LogP contribution in [0.15, 0.2) is 23.1 Å². The molecule has 12 heavy (non-hydrogen) atoms. The van der Waals surface area contributed by atoms with E-state index in [-0.39, 0.29) is 29.5 Å². The zero-order valence-electron chi connectivity index (χ0n) is 8.00. The van der Waals surface area contributed by atoms with Crippen LogP contribution in [0.1, 0.15) is 19.4 Å². The molecule has 0 radical (unpaired) electrons. The van der Waals surface area contributed by atoms with Gasteiger partial charge in [0.05, 0.1) is 0 Å². The highest BCUT2D eigenvalue weighted by atomic mass is 127. The molecule has 0 N–H and O–H groups in total. The Morgan fingerprint density at radius 2 is 1.83 bits per heavy atom. The van der Waals surface area contributed by atoms with Crippen molar-refractivity contribution >= 4 is 24.0 Å². The van der Waals surface area contributed by atoms with Gasteiger partial charge in [-0.05, 0) is 13.0 Å². The molecule has 1 rings (SSSR count). The van der Waals surface area contributed by atoms with Crippen LogP contribution in [-0.2, 0) is 7.05 Å². The smallest absolute Gasteiger partial charge is 0.253 e. The second-order valence-electron chi connectivity index (χ2n) is 2.11. The number of pyridine rings is 1. The minimum absolute atomic E-state index is 0. The second kappa shape index (κ2) is 7.34. The lowest BCUT2D eigenvalue weighted by molar-refractivity contribution is 0.849. The Bertz CT molecular complexity index is 244. The van der Waals surface area contributed by atoms with Gasteiger partial charge in [-0.1, -0.05) is 19.9 Å². The van der Waals surface area contributed by atoms with Crippen LogP contribution in [0.25, 0.3) is 0 Å². The van der Waals surface area contributed by atoms with Crippen molar-refractivity contribution in [2.75, 3.05) is 0 Å². The van der Waals surface area contributed by atoms with Crippen molar-refractivity contribution in [1.29, 1.82) is 0 Å². The molecule has 0 saturated heterocycles. The van der Waals surface area contributed by atoms with Gasteiger partial charge in [-0.25, -0.2) is 0 Å². The minimum Gasteiger partial charge on any atom is -0.318 e. The fourth-order valence-electron chi connectivity index (χ4n) is 0.734. The number of aryl methyl sites for hydroxylation is 2. The molecule has 1 aromatic heterocycles. The molecule has 0 aromatic carbocycles. The second-order valence-corrected chi connectivity index (χ2v) is 2.11. The molecule has 0 aliphatic rings. The van der Waals surface area contributed by atoms with Crippen LogP contribution < -0.4 is 5.56 Å². The summed E-state index contributed by atoms with van der Waals surface area (Å²) >= 11 is 0. The predicted octanol–water partition coefficient (Wildman–Crippen LogP) is 2.34. The Balaban J connectivity index is 0. The largest absolute Gasteiger partial charge is 0.318 e. The minimum atomic E-state index is 0. The number of hydrogen-bond acceptors (Lipinski definition) is 1. The van der Waals surface area contributed by atoms with Crippen molar-refractivity contribution in [3.05, 3.63) is 34.2 Å². The highest BCUT2D eigenvalue weighted by molar-refractivity contribution is 14.0. The van der Waals surface area contributed by atoms with Gasteiger partial charge in [0, 0.05) is 18.8 Å². The summed E-state index contributed by atoms with van der Waals surface area (Å²) in [6.45, 7) is 5.81. The molecule has 0 fully saturated rings. The molecule has 0 aliphatic heterocycles. The molecule has 2 nitrogen and oxygen atoms in total. The molecular weight excluding hydrogens is 265 g/mol. The van der Waals surface area contributed by atoms with E-state index in [1.165, 1.54) is 0 Å². The van der Waals surface area contributed by atoms with Gasteiger partial charge in [0.15, 0.2) is 0 Å². The van der Waals surface area contributed by atoms with Crippen molar-refractivity contribution in [1.82, 2.24) is 4.57 Å². The van der Waals surface area contributed by atoms with Gasteiger partial charge in [-0.2, -0.15) is 0 Å². The van der Waals surface area contributed by atoms with Gasteiger partial charge < -0.3 is 4.57 Å². The first kappa shape index (κ1) is 14.2. The lowest BCUT2D eigenvalue weighted by Crippen LogP contribution is -2.17. The van der Waals surface area contributed by atoms with Crippen LogP contribution in [0.3, 0.4) is 0 Å². The van der Waals surface area contributed by atoms with Gasteiger partial charge in [-0.3, -0.25) is 4.79 Å². The third-order valence-corrected chi connectivity index (χ3v) is 1.31. The summed E-state index contributed by atoms with van der Waals surface area (Å²) in [5.74, 6) is 0. The summed E-state index contributed by atoms with van der Waals surface area (Å²) in [6, 6.07) is 3.67. The zero-order chi connectivity index (χ0) is 8.85. The molecule has 0 amide bonds. The van der Waals surface area contributed by atoms with E-state index in [4.69, 9.17) is 0 Å². The SMILES string of the molecule is CC.Cc1cccn(C)c1=O.I. The lowest BCUT2D eigenvalue weighted by Gasteiger charge is -1.94. The molecule has 0 saturated carbocycles. The molecule has 0 spiro atoms. The summed E-state index contributed by atoms with van der Waals surface area (Å²) < 4.78 is 1.56. The number of rotatable bonds is 0. The maximum Gasteiger partial charge on any atom is 0.253 e. The van der Waals surface area contributed by atoms with Crippen LogP contribution in [0.2, 0.25) is 0 Å². The fraction of sp³-hybridized carbons (Fsp3) is 0.444. The van der Waals surface area contributed by atoms with Crippen LogP contribution >= 0.6 is 24.0 Å². The Morgan fingerprint density at radius 1 is 1.33 bits per heavy atom. The van der Waals surface area contributed by atoms with E-state index in [9.17, 15) is 4.79 Å². The standard InChI is InChI=1S/C7H9NO.C2H6.HI/c1-6-4-3-5-8(2)7(6)9;1-2;/h3-5H,1-2H3;1-2H3;1H. The van der Waals surface area contributed by atoms with Gasteiger partial charge in [0.25, 0.3) is 5.56 Å². The lowest BCUT2D eigenvalue weighted by atomic mass is 10.3. The zero-order valence-corrected chi connectivity index (χ0v) is 10.3. The molecule has 1 heterocycles. The van der Waals surface area contributed by atoms with Crippen LogP contribution in [0.5, 0.6) is 0 Å². The molecule has 0 atom stereocenters. The molecular formula is C9H16INO. The Hall–Kier alpha value is -0.320. The molecule has 0 aliphatic carbocycles. The maximum atomic E-state index is 10.9. The van der Waals surface area contributed by atoms with Crippen molar-refractivity contribution < 1.29 is 0 Å². The molecule has 1 aromatic rings. The third-order valence-electron chi connectivity index (χ3n) is 1.31. The molecule has 0 bridgehead atoms. The molecule has 70 valence electrons.